The van der Waals surface area contributed by atoms with Gasteiger partial charge in [-0.05, 0) is 51.2 Å². The van der Waals surface area contributed by atoms with E-state index in [1.54, 1.807) is 6.20 Å². The fourth-order valence-corrected chi connectivity index (χ4v) is 4.25. The number of hydrogen-bond acceptors (Lipinski definition) is 4. The van der Waals surface area contributed by atoms with Crippen LogP contribution in [0.4, 0.5) is 5.69 Å². The molecule has 148 valence electrons. The highest BCUT2D eigenvalue weighted by molar-refractivity contribution is 5.96. The Morgan fingerprint density at radius 2 is 1.96 bits per heavy atom. The molecule has 0 aliphatic carbocycles. The minimum absolute atomic E-state index is 0.143. The Morgan fingerprint density at radius 1 is 1.29 bits per heavy atom. The molecule has 1 saturated heterocycles. The number of fused-ring (bicyclic) bond motifs is 1. The van der Waals surface area contributed by atoms with Crippen molar-refractivity contribution in [3.05, 3.63) is 35.0 Å². The van der Waals surface area contributed by atoms with Crippen LogP contribution < -0.4 is 5.32 Å². The summed E-state index contributed by atoms with van der Waals surface area (Å²) in [6.45, 7) is 9.84. The fraction of sp³-hybridized carbons (Fsp3) is 0.522. The highest BCUT2D eigenvalue weighted by Gasteiger charge is 2.27. The Balaban J connectivity index is 1.79. The zero-order chi connectivity index (χ0) is 20.3. The summed E-state index contributed by atoms with van der Waals surface area (Å²) in [5, 5.41) is 14.2. The Labute approximate surface area is 167 Å². The molecule has 0 spiro atoms. The van der Waals surface area contributed by atoms with E-state index in [1.165, 1.54) is 0 Å². The van der Waals surface area contributed by atoms with Gasteiger partial charge in [-0.25, -0.2) is 0 Å². The van der Waals surface area contributed by atoms with E-state index in [0.29, 0.717) is 11.5 Å². The molecular formula is C23H30N4O. The van der Waals surface area contributed by atoms with Gasteiger partial charge < -0.3 is 10.2 Å². The summed E-state index contributed by atoms with van der Waals surface area (Å²) < 4.78 is 0. The lowest BCUT2D eigenvalue weighted by Crippen LogP contribution is -2.44. The second-order valence-corrected chi connectivity index (χ2v) is 7.89. The molecule has 0 saturated carbocycles. The first kappa shape index (κ1) is 20.1. The molecule has 28 heavy (non-hydrogen) atoms. The smallest absolute Gasteiger partial charge is 0.225 e. The number of hydrogen-bond donors (Lipinski definition) is 1. The number of carbonyl (C=O) groups is 1. The predicted molar refractivity (Wildman–Crippen MR) is 113 cm³/mol. The number of nitriles is 1. The van der Waals surface area contributed by atoms with Gasteiger partial charge in [0.15, 0.2) is 0 Å². The molecule has 5 heteroatoms. The molecule has 1 fully saturated rings. The van der Waals surface area contributed by atoms with E-state index in [1.807, 2.05) is 4.90 Å². The van der Waals surface area contributed by atoms with Gasteiger partial charge in [0.05, 0.1) is 16.8 Å². The third kappa shape index (κ3) is 3.96. The molecule has 0 bridgehead atoms. The summed E-state index contributed by atoms with van der Waals surface area (Å²) >= 11 is 0. The summed E-state index contributed by atoms with van der Waals surface area (Å²) in [7, 11) is 0. The van der Waals surface area contributed by atoms with Crippen molar-refractivity contribution in [2.24, 2.45) is 5.92 Å². The average molecular weight is 379 g/mol. The molecule has 2 aromatic rings. The number of aryl methyl sites for hydroxylation is 2. The van der Waals surface area contributed by atoms with E-state index in [-0.39, 0.29) is 12.0 Å². The van der Waals surface area contributed by atoms with Crippen molar-refractivity contribution in [1.82, 2.24) is 9.88 Å². The molecule has 5 nitrogen and oxygen atoms in total. The van der Waals surface area contributed by atoms with Crippen LogP contribution in [0, 0.1) is 31.1 Å². The number of nitrogens with one attached hydrogen (secondary N) is 1. The summed E-state index contributed by atoms with van der Waals surface area (Å²) in [5.74, 6) is 0.437. The molecule has 1 aromatic carbocycles. The summed E-state index contributed by atoms with van der Waals surface area (Å²) in [5.41, 5.74) is 4.68. The van der Waals surface area contributed by atoms with Crippen LogP contribution >= 0.6 is 0 Å². The minimum atomic E-state index is 0.143. The SMILES string of the molecule is CCC(CC)C(=O)N1CCC(Nc2c(C#N)cnc3c(C)cc(C)cc23)CC1. The van der Waals surface area contributed by atoms with Crippen LogP contribution in [0.5, 0.6) is 0 Å². The van der Waals surface area contributed by atoms with Crippen molar-refractivity contribution in [3.8, 4) is 6.07 Å². The molecule has 1 aromatic heterocycles. The van der Waals surface area contributed by atoms with E-state index in [2.05, 4.69) is 56.2 Å². The van der Waals surface area contributed by atoms with E-state index in [9.17, 15) is 10.1 Å². The van der Waals surface area contributed by atoms with E-state index < -0.39 is 0 Å². The maximum Gasteiger partial charge on any atom is 0.225 e. The Morgan fingerprint density at radius 3 is 2.57 bits per heavy atom. The molecule has 0 unspecified atom stereocenters. The number of amides is 1. The first-order valence-corrected chi connectivity index (χ1v) is 10.3. The molecule has 3 rings (SSSR count). The number of carbonyl (C=O) groups excluding carboxylic acids is 1. The normalized spacial score (nSPS) is 15.1. The van der Waals surface area contributed by atoms with Gasteiger partial charge in [-0.1, -0.05) is 25.5 Å². The van der Waals surface area contributed by atoms with Crippen molar-refractivity contribution in [2.45, 2.75) is 59.4 Å². The van der Waals surface area contributed by atoms with Gasteiger partial charge in [0.2, 0.25) is 5.91 Å². The lowest BCUT2D eigenvalue weighted by Gasteiger charge is -2.35. The minimum Gasteiger partial charge on any atom is -0.381 e. The molecule has 1 aliphatic rings. The lowest BCUT2D eigenvalue weighted by molar-refractivity contribution is -0.136. The van der Waals surface area contributed by atoms with Crippen LogP contribution in [0.15, 0.2) is 18.3 Å². The van der Waals surface area contributed by atoms with Gasteiger partial charge in [0.25, 0.3) is 0 Å². The number of nitrogens with zero attached hydrogens (tertiary/aromatic N) is 3. The molecule has 0 atom stereocenters. The zero-order valence-corrected chi connectivity index (χ0v) is 17.4. The Bertz CT molecular complexity index is 903. The monoisotopic (exact) mass is 378 g/mol. The van der Waals surface area contributed by atoms with Gasteiger partial charge in [-0.2, -0.15) is 5.26 Å². The predicted octanol–water partition coefficient (Wildman–Crippen LogP) is 4.56. The highest BCUT2D eigenvalue weighted by atomic mass is 16.2. The van der Waals surface area contributed by atoms with Crippen LogP contribution in [0.3, 0.4) is 0 Å². The highest BCUT2D eigenvalue weighted by Crippen LogP contribution is 2.31. The van der Waals surface area contributed by atoms with Gasteiger partial charge in [-0.15, -0.1) is 0 Å². The number of aromatic nitrogens is 1. The largest absolute Gasteiger partial charge is 0.381 e. The fourth-order valence-electron chi connectivity index (χ4n) is 4.25. The second-order valence-electron chi connectivity index (χ2n) is 7.89. The first-order valence-electron chi connectivity index (χ1n) is 10.3. The van der Waals surface area contributed by atoms with Gasteiger partial charge in [0.1, 0.15) is 6.07 Å². The van der Waals surface area contributed by atoms with E-state index >= 15 is 0 Å². The van der Waals surface area contributed by atoms with Crippen molar-refractivity contribution < 1.29 is 4.79 Å². The molecular weight excluding hydrogens is 348 g/mol. The molecule has 1 N–H and O–H groups in total. The number of rotatable bonds is 5. The molecule has 1 amide bonds. The number of piperidine rings is 1. The summed E-state index contributed by atoms with van der Waals surface area (Å²) in [6, 6.07) is 6.76. The summed E-state index contributed by atoms with van der Waals surface area (Å²) in [4.78, 5) is 19.1. The quantitative estimate of drug-likeness (QED) is 0.828. The third-order valence-corrected chi connectivity index (χ3v) is 5.92. The van der Waals surface area contributed by atoms with Crippen LogP contribution in [-0.2, 0) is 4.79 Å². The van der Waals surface area contributed by atoms with Crippen LogP contribution in [0.2, 0.25) is 0 Å². The molecule has 0 radical (unpaired) electrons. The van der Waals surface area contributed by atoms with Crippen LogP contribution in [-0.4, -0.2) is 34.9 Å². The Hall–Kier alpha value is -2.61. The van der Waals surface area contributed by atoms with Gasteiger partial charge >= 0.3 is 0 Å². The number of anilines is 1. The van der Waals surface area contributed by atoms with Crippen LogP contribution in [0.25, 0.3) is 10.9 Å². The summed E-state index contributed by atoms with van der Waals surface area (Å²) in [6.07, 6.45) is 5.26. The van der Waals surface area contributed by atoms with Gasteiger partial charge in [0, 0.05) is 36.6 Å². The maximum atomic E-state index is 12.6. The first-order chi connectivity index (χ1) is 13.5. The van der Waals surface area contributed by atoms with Crippen molar-refractivity contribution in [1.29, 1.82) is 5.26 Å². The van der Waals surface area contributed by atoms with Crippen molar-refractivity contribution in [3.63, 3.8) is 0 Å². The second kappa shape index (κ2) is 8.60. The number of likely N-dealkylation sites (tertiary alicyclic amines) is 1. The lowest BCUT2D eigenvalue weighted by atomic mass is 9.97. The molecule has 2 heterocycles. The standard InChI is InChI=1S/C23H30N4O/c1-5-17(6-2)23(28)27-9-7-19(8-10-27)26-22-18(13-24)14-25-21-16(4)11-15(3)12-20(21)22/h11-12,14,17,19H,5-10H2,1-4H3,(H,25,26). The number of pyridine rings is 1. The Kier molecular flexibility index (Phi) is 6.18. The van der Waals surface area contributed by atoms with E-state index in [0.717, 1.165) is 66.5 Å². The average Bonchev–Trinajstić information content (AvgIpc) is 2.69. The van der Waals surface area contributed by atoms with Crippen molar-refractivity contribution in [2.75, 3.05) is 18.4 Å². The molecule has 1 aliphatic heterocycles. The van der Waals surface area contributed by atoms with Crippen molar-refractivity contribution >= 4 is 22.5 Å². The van der Waals surface area contributed by atoms with E-state index in [4.69, 9.17) is 0 Å². The topological polar surface area (TPSA) is 69.0 Å². The number of benzene rings is 1. The van der Waals surface area contributed by atoms with Gasteiger partial charge in [-0.3, -0.25) is 9.78 Å². The zero-order valence-electron chi connectivity index (χ0n) is 17.4. The third-order valence-electron chi connectivity index (χ3n) is 5.92. The maximum absolute atomic E-state index is 12.6. The van der Waals surface area contributed by atoms with Crippen LogP contribution in [0.1, 0.15) is 56.2 Å².